The Labute approximate surface area is 110 Å². The second-order valence-corrected chi connectivity index (χ2v) is 5.04. The molecule has 3 heteroatoms. The summed E-state index contributed by atoms with van der Waals surface area (Å²) >= 11 is 0. The van der Waals surface area contributed by atoms with Gasteiger partial charge < -0.3 is 10.1 Å². The van der Waals surface area contributed by atoms with Crippen molar-refractivity contribution in [3.8, 4) is 5.88 Å². The van der Waals surface area contributed by atoms with Crippen molar-refractivity contribution in [2.45, 2.75) is 45.1 Å². The average molecular weight is 248 g/mol. The van der Waals surface area contributed by atoms with Gasteiger partial charge in [-0.15, -0.1) is 0 Å². The molecule has 0 radical (unpaired) electrons. The maximum Gasteiger partial charge on any atom is 0.217 e. The Bertz CT molecular complexity index is 361. The van der Waals surface area contributed by atoms with E-state index in [0.29, 0.717) is 6.04 Å². The smallest absolute Gasteiger partial charge is 0.217 e. The van der Waals surface area contributed by atoms with Crippen LogP contribution in [0.25, 0.3) is 0 Å². The first kappa shape index (κ1) is 13.3. The highest BCUT2D eigenvalue weighted by Gasteiger charge is 2.26. The van der Waals surface area contributed by atoms with E-state index in [1.165, 1.54) is 37.7 Å². The fourth-order valence-corrected chi connectivity index (χ4v) is 3.03. The Morgan fingerprint density at radius 2 is 2.17 bits per heavy atom. The van der Waals surface area contributed by atoms with E-state index in [2.05, 4.69) is 23.3 Å². The van der Waals surface area contributed by atoms with Gasteiger partial charge >= 0.3 is 0 Å². The van der Waals surface area contributed by atoms with Crippen LogP contribution in [0, 0.1) is 5.92 Å². The van der Waals surface area contributed by atoms with E-state index in [0.717, 1.165) is 18.3 Å². The highest BCUT2D eigenvalue weighted by molar-refractivity contribution is 5.29. The molecule has 100 valence electrons. The van der Waals surface area contributed by atoms with Crippen molar-refractivity contribution in [1.29, 1.82) is 0 Å². The molecule has 1 atom stereocenters. The van der Waals surface area contributed by atoms with Crippen molar-refractivity contribution in [2.75, 3.05) is 13.7 Å². The number of hydrogen-bond donors (Lipinski definition) is 1. The first-order chi connectivity index (χ1) is 8.86. The minimum Gasteiger partial charge on any atom is -0.481 e. The van der Waals surface area contributed by atoms with Crippen LogP contribution in [0.3, 0.4) is 0 Å². The molecule has 1 aliphatic carbocycles. The molecule has 1 heterocycles. The molecule has 1 aliphatic rings. The molecule has 18 heavy (non-hydrogen) atoms. The van der Waals surface area contributed by atoms with Gasteiger partial charge in [-0.05, 0) is 31.4 Å². The lowest BCUT2D eigenvalue weighted by molar-refractivity contribution is 0.266. The van der Waals surface area contributed by atoms with Gasteiger partial charge in [0.05, 0.1) is 7.11 Å². The Morgan fingerprint density at radius 1 is 1.39 bits per heavy atom. The van der Waals surface area contributed by atoms with Gasteiger partial charge in [0, 0.05) is 17.8 Å². The minimum absolute atomic E-state index is 0.388. The summed E-state index contributed by atoms with van der Waals surface area (Å²) in [5.41, 5.74) is 1.22. The maximum atomic E-state index is 5.41. The third-order valence-electron chi connectivity index (χ3n) is 3.87. The molecule has 1 aromatic heterocycles. The topological polar surface area (TPSA) is 34.2 Å². The number of ether oxygens (including phenoxy) is 1. The number of hydrogen-bond acceptors (Lipinski definition) is 3. The number of pyridine rings is 1. The highest BCUT2D eigenvalue weighted by Crippen LogP contribution is 2.36. The zero-order chi connectivity index (χ0) is 12.8. The lowest BCUT2D eigenvalue weighted by atomic mass is 9.81. The summed E-state index contributed by atoms with van der Waals surface area (Å²) in [4.78, 5) is 4.33. The standard InChI is InChI=1S/C15H24N2O/c1-3-16-14(12-8-5-4-6-9-12)13-10-7-11-17-15(13)18-2/h7,10-12,14,16H,3-6,8-9H2,1-2H3. The van der Waals surface area contributed by atoms with E-state index in [4.69, 9.17) is 4.74 Å². The number of methoxy groups -OCH3 is 1. The fraction of sp³-hybridized carbons (Fsp3) is 0.667. The van der Waals surface area contributed by atoms with Crippen LogP contribution in [0.15, 0.2) is 18.3 Å². The molecule has 0 spiro atoms. The van der Waals surface area contributed by atoms with Crippen LogP contribution in [0.5, 0.6) is 5.88 Å². The predicted octanol–water partition coefficient (Wildman–Crippen LogP) is 3.32. The van der Waals surface area contributed by atoms with Crippen molar-refractivity contribution in [3.63, 3.8) is 0 Å². The SMILES string of the molecule is CCNC(c1cccnc1OC)C1CCCCC1. The summed E-state index contributed by atoms with van der Waals surface area (Å²) in [6.07, 6.45) is 8.53. The normalized spacial score (nSPS) is 18.6. The van der Waals surface area contributed by atoms with Gasteiger partial charge in [-0.3, -0.25) is 0 Å². The molecule has 1 unspecified atom stereocenters. The Kier molecular flexibility index (Phi) is 5.00. The van der Waals surface area contributed by atoms with Gasteiger partial charge in [-0.1, -0.05) is 32.3 Å². The van der Waals surface area contributed by atoms with Crippen LogP contribution in [0.1, 0.15) is 50.6 Å². The van der Waals surface area contributed by atoms with E-state index in [9.17, 15) is 0 Å². The van der Waals surface area contributed by atoms with Crippen LogP contribution in [-0.4, -0.2) is 18.6 Å². The molecular formula is C15H24N2O. The molecule has 1 saturated carbocycles. The molecule has 3 nitrogen and oxygen atoms in total. The van der Waals surface area contributed by atoms with Crippen LogP contribution in [0.4, 0.5) is 0 Å². The highest BCUT2D eigenvalue weighted by atomic mass is 16.5. The molecular weight excluding hydrogens is 224 g/mol. The molecule has 1 fully saturated rings. The summed E-state index contributed by atoms with van der Waals surface area (Å²) in [6.45, 7) is 3.15. The van der Waals surface area contributed by atoms with E-state index in [1.807, 2.05) is 6.07 Å². The second kappa shape index (κ2) is 6.74. The molecule has 0 aliphatic heterocycles. The summed E-state index contributed by atoms with van der Waals surface area (Å²) in [6, 6.07) is 4.54. The number of rotatable bonds is 5. The first-order valence-electron chi connectivity index (χ1n) is 7.09. The lowest BCUT2D eigenvalue weighted by Gasteiger charge is -2.31. The van der Waals surface area contributed by atoms with Crippen LogP contribution in [-0.2, 0) is 0 Å². The zero-order valence-corrected chi connectivity index (χ0v) is 11.5. The minimum atomic E-state index is 0.388. The maximum absolute atomic E-state index is 5.41. The Balaban J connectivity index is 2.22. The van der Waals surface area contributed by atoms with Gasteiger partial charge in [0.1, 0.15) is 0 Å². The molecule has 0 bridgehead atoms. The van der Waals surface area contributed by atoms with Gasteiger partial charge in [0.25, 0.3) is 0 Å². The van der Waals surface area contributed by atoms with E-state index in [-0.39, 0.29) is 0 Å². The lowest BCUT2D eigenvalue weighted by Crippen LogP contribution is -2.30. The van der Waals surface area contributed by atoms with E-state index >= 15 is 0 Å². The van der Waals surface area contributed by atoms with Crippen LogP contribution < -0.4 is 10.1 Å². The van der Waals surface area contributed by atoms with Crippen LogP contribution >= 0.6 is 0 Å². The summed E-state index contributed by atoms with van der Waals surface area (Å²) in [5, 5.41) is 3.62. The third kappa shape index (κ3) is 3.02. The quantitative estimate of drug-likeness (QED) is 0.868. The zero-order valence-electron chi connectivity index (χ0n) is 11.5. The summed E-state index contributed by atoms with van der Waals surface area (Å²) < 4.78 is 5.41. The number of nitrogens with zero attached hydrogens (tertiary/aromatic N) is 1. The largest absolute Gasteiger partial charge is 0.481 e. The molecule has 0 amide bonds. The van der Waals surface area contributed by atoms with Gasteiger partial charge in [-0.25, -0.2) is 4.98 Å². The predicted molar refractivity (Wildman–Crippen MR) is 73.8 cm³/mol. The number of nitrogens with one attached hydrogen (secondary N) is 1. The van der Waals surface area contributed by atoms with E-state index < -0.39 is 0 Å². The summed E-state index contributed by atoms with van der Waals surface area (Å²) in [7, 11) is 1.70. The van der Waals surface area contributed by atoms with E-state index in [1.54, 1.807) is 13.3 Å². The molecule has 1 aromatic rings. The first-order valence-corrected chi connectivity index (χ1v) is 7.09. The average Bonchev–Trinajstić information content (AvgIpc) is 2.46. The van der Waals surface area contributed by atoms with Crippen molar-refractivity contribution < 1.29 is 4.74 Å². The molecule has 0 saturated heterocycles. The third-order valence-corrected chi connectivity index (χ3v) is 3.87. The summed E-state index contributed by atoms with van der Waals surface area (Å²) in [5.74, 6) is 1.49. The molecule has 2 rings (SSSR count). The van der Waals surface area contributed by atoms with Crippen molar-refractivity contribution in [3.05, 3.63) is 23.9 Å². The Hall–Kier alpha value is -1.09. The second-order valence-electron chi connectivity index (χ2n) is 5.04. The van der Waals surface area contributed by atoms with Crippen LogP contribution in [0.2, 0.25) is 0 Å². The monoisotopic (exact) mass is 248 g/mol. The Morgan fingerprint density at radius 3 is 2.83 bits per heavy atom. The van der Waals surface area contributed by atoms with Crippen molar-refractivity contribution in [2.24, 2.45) is 5.92 Å². The van der Waals surface area contributed by atoms with Crippen molar-refractivity contribution in [1.82, 2.24) is 10.3 Å². The van der Waals surface area contributed by atoms with Gasteiger partial charge in [-0.2, -0.15) is 0 Å². The molecule has 0 aromatic carbocycles. The van der Waals surface area contributed by atoms with Gasteiger partial charge in [0.15, 0.2) is 0 Å². The van der Waals surface area contributed by atoms with Crippen molar-refractivity contribution >= 4 is 0 Å². The number of aromatic nitrogens is 1. The van der Waals surface area contributed by atoms with Gasteiger partial charge in [0.2, 0.25) is 5.88 Å². The molecule has 1 N–H and O–H groups in total. The fourth-order valence-electron chi connectivity index (χ4n) is 3.03.